The number of anilines is 1. The van der Waals surface area contributed by atoms with Gasteiger partial charge >= 0.3 is 0 Å². The van der Waals surface area contributed by atoms with Gasteiger partial charge in [-0.25, -0.2) is 14.4 Å². The SMILES string of the molecule is N#Cc1cn2c(NCc3c(F)ccc4c3CCO4)ncc(-c3ccn(CC4CCCO4)n3)c2n1. The molecule has 5 heterocycles. The van der Waals surface area contributed by atoms with Crippen molar-refractivity contribution >= 4 is 11.6 Å². The zero-order valence-electron chi connectivity index (χ0n) is 18.4. The summed E-state index contributed by atoms with van der Waals surface area (Å²) in [6.45, 7) is 2.27. The number of nitrogens with one attached hydrogen (secondary N) is 1. The van der Waals surface area contributed by atoms with E-state index in [0.717, 1.165) is 30.8 Å². The Morgan fingerprint density at radius 2 is 2.21 bits per heavy atom. The zero-order chi connectivity index (χ0) is 23.1. The molecule has 0 saturated carbocycles. The van der Waals surface area contributed by atoms with Crippen LogP contribution in [0.25, 0.3) is 16.9 Å². The summed E-state index contributed by atoms with van der Waals surface area (Å²) in [7, 11) is 0. The lowest BCUT2D eigenvalue weighted by Gasteiger charge is -2.12. The molecule has 1 N–H and O–H groups in total. The van der Waals surface area contributed by atoms with Crippen LogP contribution in [0.15, 0.2) is 36.8 Å². The average molecular weight is 459 g/mol. The van der Waals surface area contributed by atoms with Gasteiger partial charge in [-0.2, -0.15) is 10.4 Å². The van der Waals surface area contributed by atoms with E-state index in [1.54, 1.807) is 22.9 Å². The highest BCUT2D eigenvalue weighted by atomic mass is 19.1. The van der Waals surface area contributed by atoms with Gasteiger partial charge in [0.15, 0.2) is 11.3 Å². The molecule has 1 unspecified atom stereocenters. The molecule has 1 saturated heterocycles. The van der Waals surface area contributed by atoms with Crippen LogP contribution < -0.4 is 10.1 Å². The van der Waals surface area contributed by atoms with E-state index in [-0.39, 0.29) is 24.2 Å². The van der Waals surface area contributed by atoms with Crippen LogP contribution in [0.5, 0.6) is 5.75 Å². The van der Waals surface area contributed by atoms with Gasteiger partial charge in [0.05, 0.1) is 36.7 Å². The molecule has 0 aliphatic carbocycles. The van der Waals surface area contributed by atoms with Crippen molar-refractivity contribution in [3.8, 4) is 23.1 Å². The van der Waals surface area contributed by atoms with Crippen molar-refractivity contribution in [2.45, 2.75) is 38.5 Å². The van der Waals surface area contributed by atoms with Crippen LogP contribution >= 0.6 is 0 Å². The quantitative estimate of drug-likeness (QED) is 0.472. The van der Waals surface area contributed by atoms with Crippen molar-refractivity contribution in [3.63, 3.8) is 0 Å². The lowest BCUT2D eigenvalue weighted by atomic mass is 10.0. The minimum Gasteiger partial charge on any atom is -0.493 e. The Balaban J connectivity index is 1.31. The van der Waals surface area contributed by atoms with Gasteiger partial charge in [0, 0.05) is 43.1 Å². The fourth-order valence-electron chi connectivity index (χ4n) is 4.62. The van der Waals surface area contributed by atoms with Crippen molar-refractivity contribution in [1.82, 2.24) is 24.1 Å². The van der Waals surface area contributed by atoms with Crippen molar-refractivity contribution in [1.29, 1.82) is 5.26 Å². The zero-order valence-corrected chi connectivity index (χ0v) is 18.4. The van der Waals surface area contributed by atoms with Gasteiger partial charge in [0.25, 0.3) is 0 Å². The molecule has 1 aromatic carbocycles. The van der Waals surface area contributed by atoms with Crippen molar-refractivity contribution in [2.75, 3.05) is 18.5 Å². The first-order valence-electron chi connectivity index (χ1n) is 11.3. The molecule has 0 spiro atoms. The molecule has 0 radical (unpaired) electrons. The van der Waals surface area contributed by atoms with Crippen LogP contribution in [0.1, 0.15) is 29.7 Å². The van der Waals surface area contributed by atoms with Gasteiger partial charge < -0.3 is 14.8 Å². The van der Waals surface area contributed by atoms with Crippen molar-refractivity contribution in [2.24, 2.45) is 0 Å². The number of halogens is 1. The van der Waals surface area contributed by atoms with Crippen LogP contribution in [-0.4, -0.2) is 43.5 Å². The Morgan fingerprint density at radius 1 is 1.26 bits per heavy atom. The Hall–Kier alpha value is -3.97. The molecule has 34 heavy (non-hydrogen) atoms. The summed E-state index contributed by atoms with van der Waals surface area (Å²) in [6.07, 6.45) is 8.17. The van der Waals surface area contributed by atoms with Gasteiger partial charge in [0.2, 0.25) is 5.95 Å². The van der Waals surface area contributed by atoms with Crippen LogP contribution in [-0.2, 0) is 24.2 Å². The molecular formula is C24H22FN7O2. The topological polar surface area (TPSA) is 102 Å². The first kappa shape index (κ1) is 20.6. The molecule has 1 atom stereocenters. The standard InChI is InChI=1S/C24H22FN7O2/c25-20-3-4-22-17(6-9-34-22)18(20)11-27-24-28-12-19(23-29-15(10-26)13-32(23)24)21-5-7-31(30-21)14-16-2-1-8-33-16/h3-5,7,12-13,16H,1-2,6,8-9,11,14H2,(H,27,28). The number of hydrogen-bond donors (Lipinski definition) is 1. The van der Waals surface area contributed by atoms with E-state index in [2.05, 4.69) is 26.5 Å². The molecule has 4 aromatic rings. The highest BCUT2D eigenvalue weighted by molar-refractivity contribution is 5.76. The van der Waals surface area contributed by atoms with E-state index in [9.17, 15) is 9.65 Å². The number of nitriles is 1. The second-order valence-electron chi connectivity index (χ2n) is 8.44. The molecule has 172 valence electrons. The normalized spacial score (nSPS) is 17.0. The van der Waals surface area contributed by atoms with Crippen molar-refractivity contribution < 1.29 is 13.9 Å². The number of hydrogen-bond acceptors (Lipinski definition) is 7. The molecular weight excluding hydrogens is 437 g/mol. The maximum absolute atomic E-state index is 14.6. The summed E-state index contributed by atoms with van der Waals surface area (Å²) in [6, 6.07) is 7.08. The third-order valence-corrected chi connectivity index (χ3v) is 6.30. The Bertz CT molecular complexity index is 1410. The molecule has 2 aliphatic heterocycles. The average Bonchev–Trinajstić information content (AvgIpc) is 3.65. The van der Waals surface area contributed by atoms with Crippen LogP contribution in [0.4, 0.5) is 10.3 Å². The fraction of sp³-hybridized carbons (Fsp3) is 0.333. The third kappa shape index (κ3) is 3.64. The van der Waals surface area contributed by atoms with Crippen LogP contribution in [0, 0.1) is 17.1 Å². The summed E-state index contributed by atoms with van der Waals surface area (Å²) in [5.41, 5.74) is 3.66. The number of imidazole rings is 1. The first-order chi connectivity index (χ1) is 16.7. The van der Waals surface area contributed by atoms with Gasteiger partial charge in [-0.15, -0.1) is 0 Å². The van der Waals surface area contributed by atoms with E-state index in [0.29, 0.717) is 48.0 Å². The molecule has 2 aliphatic rings. The number of benzene rings is 1. The number of ether oxygens (including phenoxy) is 2. The highest BCUT2D eigenvalue weighted by Crippen LogP contribution is 2.31. The van der Waals surface area contributed by atoms with E-state index in [1.807, 2.05) is 16.9 Å². The number of fused-ring (bicyclic) bond motifs is 2. The molecule has 6 rings (SSSR count). The number of aromatic nitrogens is 5. The van der Waals surface area contributed by atoms with E-state index in [4.69, 9.17) is 9.47 Å². The Kier molecular flexibility index (Phi) is 5.11. The van der Waals surface area contributed by atoms with Gasteiger partial charge in [-0.05, 0) is 31.0 Å². The third-order valence-electron chi connectivity index (χ3n) is 6.30. The molecule has 0 amide bonds. The van der Waals surface area contributed by atoms with E-state index in [1.165, 1.54) is 6.07 Å². The molecule has 1 fully saturated rings. The summed E-state index contributed by atoms with van der Waals surface area (Å²) in [5.74, 6) is 0.895. The highest BCUT2D eigenvalue weighted by Gasteiger charge is 2.21. The minimum atomic E-state index is -0.287. The lowest BCUT2D eigenvalue weighted by Crippen LogP contribution is -2.15. The monoisotopic (exact) mass is 459 g/mol. The molecule has 3 aromatic heterocycles. The number of rotatable bonds is 6. The van der Waals surface area contributed by atoms with Crippen molar-refractivity contribution in [3.05, 3.63) is 59.4 Å². The lowest BCUT2D eigenvalue weighted by molar-refractivity contribution is 0.0940. The van der Waals surface area contributed by atoms with Gasteiger partial charge in [0.1, 0.15) is 17.6 Å². The Morgan fingerprint density at radius 3 is 3.06 bits per heavy atom. The van der Waals surface area contributed by atoms with Crippen LogP contribution in [0.2, 0.25) is 0 Å². The maximum Gasteiger partial charge on any atom is 0.208 e. The summed E-state index contributed by atoms with van der Waals surface area (Å²) in [5, 5.41) is 17.3. The maximum atomic E-state index is 14.6. The fourth-order valence-corrected chi connectivity index (χ4v) is 4.62. The van der Waals surface area contributed by atoms with Gasteiger partial charge in [-0.1, -0.05) is 0 Å². The van der Waals surface area contributed by atoms with Gasteiger partial charge in [-0.3, -0.25) is 9.08 Å². The largest absolute Gasteiger partial charge is 0.493 e. The summed E-state index contributed by atoms with van der Waals surface area (Å²) < 4.78 is 29.4. The Labute approximate surface area is 194 Å². The summed E-state index contributed by atoms with van der Waals surface area (Å²) >= 11 is 0. The van der Waals surface area contributed by atoms with E-state index >= 15 is 0 Å². The minimum absolute atomic E-state index is 0.180. The smallest absolute Gasteiger partial charge is 0.208 e. The second kappa shape index (κ2) is 8.43. The number of nitrogens with zero attached hydrogens (tertiary/aromatic N) is 6. The second-order valence-corrected chi connectivity index (χ2v) is 8.44. The molecule has 0 bridgehead atoms. The first-order valence-corrected chi connectivity index (χ1v) is 11.3. The van der Waals surface area contributed by atoms with E-state index < -0.39 is 0 Å². The summed E-state index contributed by atoms with van der Waals surface area (Å²) in [4.78, 5) is 9.02. The predicted molar refractivity (Wildman–Crippen MR) is 121 cm³/mol. The molecule has 9 nitrogen and oxygen atoms in total. The van der Waals surface area contributed by atoms with Crippen LogP contribution in [0.3, 0.4) is 0 Å². The molecule has 10 heteroatoms. The predicted octanol–water partition coefficient (Wildman–Crippen LogP) is 3.33.